The Hall–Kier alpha value is -2.08. The summed E-state index contributed by atoms with van der Waals surface area (Å²) in [5.74, 6) is 0.443. The molecule has 1 aromatic carbocycles. The number of primary amides is 1. The first-order chi connectivity index (χ1) is 10.6. The van der Waals surface area contributed by atoms with Crippen molar-refractivity contribution in [3.63, 3.8) is 0 Å². The van der Waals surface area contributed by atoms with E-state index in [4.69, 9.17) is 10.5 Å². The van der Waals surface area contributed by atoms with Gasteiger partial charge in [0.1, 0.15) is 5.75 Å². The number of piperidine rings is 1. The van der Waals surface area contributed by atoms with Gasteiger partial charge < -0.3 is 20.7 Å². The van der Waals surface area contributed by atoms with Crippen LogP contribution in [-0.4, -0.2) is 38.6 Å². The lowest BCUT2D eigenvalue weighted by molar-refractivity contribution is -0.905. The van der Waals surface area contributed by atoms with Crippen LogP contribution in [0.2, 0.25) is 0 Å². The summed E-state index contributed by atoms with van der Waals surface area (Å²) in [4.78, 5) is 24.5. The predicted octanol–water partition coefficient (Wildman–Crippen LogP) is -0.196. The normalized spacial score (nSPS) is 21.1. The molecule has 22 heavy (non-hydrogen) atoms. The molecular formula is C16H24N3O3+. The molecular weight excluding hydrogens is 282 g/mol. The number of methoxy groups -OCH3 is 1. The molecule has 1 saturated heterocycles. The number of quaternary nitrogens is 1. The average molecular weight is 306 g/mol. The third-order valence-electron chi connectivity index (χ3n) is 4.18. The zero-order chi connectivity index (χ0) is 15.9. The standard InChI is InChI=1S/C16H23N3O3/c1-22-14-5-3-2-4-13(14)18-15(20)8-11-19-9-6-12(7-10-19)16(17)21/h2-5,12H,6-11H2,1H3,(H2,17,21)(H,18,20)/p+1. The molecule has 4 N–H and O–H groups in total. The van der Waals surface area contributed by atoms with Crippen LogP contribution >= 0.6 is 0 Å². The van der Waals surface area contributed by atoms with Crippen molar-refractivity contribution in [1.82, 2.24) is 0 Å². The summed E-state index contributed by atoms with van der Waals surface area (Å²) in [7, 11) is 1.58. The highest BCUT2D eigenvalue weighted by Crippen LogP contribution is 2.22. The van der Waals surface area contributed by atoms with Gasteiger partial charge >= 0.3 is 0 Å². The van der Waals surface area contributed by atoms with Crippen LogP contribution < -0.4 is 20.7 Å². The molecule has 0 atom stereocenters. The van der Waals surface area contributed by atoms with Crippen LogP contribution in [-0.2, 0) is 9.59 Å². The molecule has 1 heterocycles. The topological polar surface area (TPSA) is 85.9 Å². The molecule has 1 fully saturated rings. The van der Waals surface area contributed by atoms with Crippen molar-refractivity contribution in [2.45, 2.75) is 19.3 Å². The Morgan fingerprint density at radius 1 is 1.32 bits per heavy atom. The lowest BCUT2D eigenvalue weighted by Gasteiger charge is -2.27. The predicted molar refractivity (Wildman–Crippen MR) is 83.7 cm³/mol. The number of carbonyl (C=O) groups is 2. The van der Waals surface area contributed by atoms with Crippen molar-refractivity contribution in [3.8, 4) is 5.75 Å². The number of nitrogens with two attached hydrogens (primary N) is 1. The maximum atomic E-state index is 12.0. The van der Waals surface area contributed by atoms with Crippen molar-refractivity contribution >= 4 is 17.5 Å². The molecule has 0 unspecified atom stereocenters. The van der Waals surface area contributed by atoms with E-state index < -0.39 is 0 Å². The van der Waals surface area contributed by atoms with Crippen LogP contribution in [0.15, 0.2) is 24.3 Å². The van der Waals surface area contributed by atoms with Crippen LogP contribution in [0.5, 0.6) is 5.75 Å². The van der Waals surface area contributed by atoms with E-state index in [1.54, 1.807) is 7.11 Å². The summed E-state index contributed by atoms with van der Waals surface area (Å²) in [5, 5.41) is 2.88. The van der Waals surface area contributed by atoms with Gasteiger partial charge in [-0.25, -0.2) is 0 Å². The minimum Gasteiger partial charge on any atom is -0.495 e. The van der Waals surface area contributed by atoms with Crippen LogP contribution in [0.1, 0.15) is 19.3 Å². The quantitative estimate of drug-likeness (QED) is 0.680. The number of hydrogen-bond acceptors (Lipinski definition) is 3. The van der Waals surface area contributed by atoms with E-state index in [0.29, 0.717) is 17.9 Å². The number of hydrogen-bond donors (Lipinski definition) is 3. The molecule has 1 aliphatic heterocycles. The molecule has 0 saturated carbocycles. The van der Waals surface area contributed by atoms with Crippen LogP contribution in [0.3, 0.4) is 0 Å². The number of para-hydroxylation sites is 2. The number of carbonyl (C=O) groups excluding carboxylic acids is 2. The number of benzene rings is 1. The first kappa shape index (κ1) is 16.3. The van der Waals surface area contributed by atoms with E-state index in [9.17, 15) is 9.59 Å². The van der Waals surface area contributed by atoms with Gasteiger partial charge in [-0.2, -0.15) is 0 Å². The van der Waals surface area contributed by atoms with Crippen molar-refractivity contribution in [2.24, 2.45) is 11.7 Å². The molecule has 6 nitrogen and oxygen atoms in total. The number of amides is 2. The summed E-state index contributed by atoms with van der Waals surface area (Å²) >= 11 is 0. The smallest absolute Gasteiger partial charge is 0.230 e. The Labute approximate surface area is 130 Å². The van der Waals surface area contributed by atoms with Gasteiger partial charge in [0.15, 0.2) is 0 Å². The SMILES string of the molecule is COc1ccccc1NC(=O)CC[NH+]1CCC(C(N)=O)CC1. The summed E-state index contributed by atoms with van der Waals surface area (Å²) in [5.41, 5.74) is 6.02. The first-order valence-corrected chi connectivity index (χ1v) is 7.66. The maximum Gasteiger partial charge on any atom is 0.230 e. The van der Waals surface area contributed by atoms with E-state index in [1.165, 1.54) is 4.90 Å². The first-order valence-electron chi connectivity index (χ1n) is 7.66. The Balaban J connectivity index is 1.75. The minimum atomic E-state index is -0.201. The van der Waals surface area contributed by atoms with Crippen LogP contribution in [0.25, 0.3) is 0 Å². The van der Waals surface area contributed by atoms with Crippen molar-refractivity contribution in [2.75, 3.05) is 32.1 Å². The van der Waals surface area contributed by atoms with Crippen molar-refractivity contribution in [3.05, 3.63) is 24.3 Å². The maximum absolute atomic E-state index is 12.0. The Morgan fingerprint density at radius 2 is 2.00 bits per heavy atom. The van der Waals surface area contributed by atoms with E-state index in [2.05, 4.69) is 5.32 Å². The second-order valence-corrected chi connectivity index (χ2v) is 5.68. The molecule has 2 amide bonds. The second-order valence-electron chi connectivity index (χ2n) is 5.68. The Bertz CT molecular complexity index is 525. The number of rotatable bonds is 6. The van der Waals surface area contributed by atoms with Gasteiger partial charge in [0, 0.05) is 18.8 Å². The summed E-state index contributed by atoms with van der Waals surface area (Å²) in [6.45, 7) is 2.57. The van der Waals surface area contributed by atoms with E-state index >= 15 is 0 Å². The lowest BCUT2D eigenvalue weighted by Crippen LogP contribution is -3.13. The van der Waals surface area contributed by atoms with Gasteiger partial charge in [-0.3, -0.25) is 9.59 Å². The number of likely N-dealkylation sites (tertiary alicyclic amines) is 1. The zero-order valence-corrected chi connectivity index (χ0v) is 12.9. The van der Waals surface area contributed by atoms with Crippen LogP contribution in [0, 0.1) is 5.92 Å². The molecule has 0 radical (unpaired) electrons. The van der Waals surface area contributed by atoms with Gasteiger partial charge in [-0.15, -0.1) is 0 Å². The average Bonchev–Trinajstić information content (AvgIpc) is 2.54. The highest BCUT2D eigenvalue weighted by atomic mass is 16.5. The highest BCUT2D eigenvalue weighted by molar-refractivity contribution is 5.92. The number of ether oxygens (including phenoxy) is 1. The van der Waals surface area contributed by atoms with Crippen molar-refractivity contribution < 1.29 is 19.2 Å². The minimum absolute atomic E-state index is 0.00570. The summed E-state index contributed by atoms with van der Waals surface area (Å²) < 4.78 is 5.21. The Morgan fingerprint density at radius 3 is 2.64 bits per heavy atom. The van der Waals surface area contributed by atoms with Crippen molar-refractivity contribution in [1.29, 1.82) is 0 Å². The summed E-state index contributed by atoms with van der Waals surface area (Å²) in [6.07, 6.45) is 2.09. The molecule has 0 spiro atoms. The van der Waals surface area contributed by atoms with Gasteiger partial charge in [-0.05, 0) is 12.1 Å². The van der Waals surface area contributed by atoms with E-state index in [-0.39, 0.29) is 17.7 Å². The third kappa shape index (κ3) is 4.46. The van der Waals surface area contributed by atoms with Gasteiger partial charge in [-0.1, -0.05) is 12.1 Å². The molecule has 2 rings (SSSR count). The molecule has 120 valence electrons. The number of anilines is 1. The fourth-order valence-corrected chi connectivity index (χ4v) is 2.81. The van der Waals surface area contributed by atoms with Crippen LogP contribution in [0.4, 0.5) is 5.69 Å². The molecule has 0 aromatic heterocycles. The Kier molecular flexibility index (Phi) is 5.77. The fourth-order valence-electron chi connectivity index (χ4n) is 2.81. The molecule has 1 aromatic rings. The fraction of sp³-hybridized carbons (Fsp3) is 0.500. The molecule has 6 heteroatoms. The highest BCUT2D eigenvalue weighted by Gasteiger charge is 2.25. The summed E-state index contributed by atoms with van der Waals surface area (Å²) in [6, 6.07) is 7.36. The van der Waals surface area contributed by atoms with Gasteiger partial charge in [0.25, 0.3) is 0 Å². The second kappa shape index (κ2) is 7.79. The van der Waals surface area contributed by atoms with E-state index in [1.807, 2.05) is 24.3 Å². The molecule has 0 aliphatic carbocycles. The number of nitrogens with one attached hydrogen (secondary N) is 2. The van der Waals surface area contributed by atoms with Gasteiger partial charge in [0.2, 0.25) is 11.8 Å². The van der Waals surface area contributed by atoms with E-state index in [0.717, 1.165) is 32.5 Å². The lowest BCUT2D eigenvalue weighted by atomic mass is 9.96. The molecule has 0 bridgehead atoms. The zero-order valence-electron chi connectivity index (χ0n) is 12.9. The monoisotopic (exact) mass is 306 g/mol. The third-order valence-corrected chi connectivity index (χ3v) is 4.18. The largest absolute Gasteiger partial charge is 0.495 e. The molecule has 1 aliphatic rings. The van der Waals surface area contributed by atoms with Gasteiger partial charge in [0.05, 0.1) is 38.9 Å².